The molecule has 1 unspecified atom stereocenters. The lowest BCUT2D eigenvalue weighted by Crippen LogP contribution is -2.59. The number of nitro groups is 1. The highest BCUT2D eigenvalue weighted by atomic mass is 16.6. The summed E-state index contributed by atoms with van der Waals surface area (Å²) in [4.78, 5) is 37.5. The molecule has 0 aliphatic carbocycles. The smallest absolute Gasteiger partial charge is 0.360 e. The summed E-state index contributed by atoms with van der Waals surface area (Å²) in [5, 5.41) is 11.1. The molecular formula is C19H18N2O6. The van der Waals surface area contributed by atoms with E-state index in [1.807, 2.05) is 30.3 Å². The third kappa shape index (κ3) is 3.33. The molecular weight excluding hydrogens is 352 g/mol. The van der Waals surface area contributed by atoms with Gasteiger partial charge in [0.25, 0.3) is 17.2 Å². The zero-order chi connectivity index (χ0) is 19.6. The lowest BCUT2D eigenvalue weighted by Gasteiger charge is -2.38. The summed E-state index contributed by atoms with van der Waals surface area (Å²) < 4.78 is 10.6. The van der Waals surface area contributed by atoms with Gasteiger partial charge in [-0.1, -0.05) is 30.3 Å². The van der Waals surface area contributed by atoms with Crippen molar-refractivity contribution in [3.8, 4) is 5.75 Å². The zero-order valence-electron chi connectivity index (χ0n) is 14.9. The van der Waals surface area contributed by atoms with Gasteiger partial charge in [0.2, 0.25) is 0 Å². The number of non-ortho nitro benzene ring substituents is 1. The van der Waals surface area contributed by atoms with Crippen LogP contribution < -0.4 is 9.64 Å². The third-order valence-corrected chi connectivity index (χ3v) is 4.26. The van der Waals surface area contributed by atoms with Gasteiger partial charge in [-0.15, -0.1) is 0 Å². The van der Waals surface area contributed by atoms with Crippen molar-refractivity contribution < 1.29 is 24.0 Å². The highest BCUT2D eigenvalue weighted by Gasteiger charge is 2.52. The Morgan fingerprint density at radius 1 is 1.26 bits per heavy atom. The first kappa shape index (κ1) is 18.4. The van der Waals surface area contributed by atoms with E-state index in [2.05, 4.69) is 0 Å². The number of nitrogens with zero attached hydrogens (tertiary/aromatic N) is 2. The maximum absolute atomic E-state index is 13.1. The number of anilines is 1. The molecule has 0 aromatic heterocycles. The molecule has 8 heteroatoms. The minimum Gasteiger partial charge on any atom is -0.463 e. The lowest BCUT2D eigenvalue weighted by molar-refractivity contribution is -0.385. The first-order chi connectivity index (χ1) is 12.9. The molecule has 0 N–H and O–H groups in total. The molecule has 0 spiro atoms. The SMILES string of the molecule is CCOC(=O)C1(C)Oc2cc([N+](=O)[O-])ccc2N(Cc2ccccc2)C1=O. The minimum atomic E-state index is -1.92. The van der Waals surface area contributed by atoms with Crippen LogP contribution in [0.25, 0.3) is 0 Å². The number of benzene rings is 2. The minimum absolute atomic E-state index is 0.0749. The molecule has 0 fully saturated rings. The molecule has 1 aliphatic rings. The Morgan fingerprint density at radius 2 is 1.96 bits per heavy atom. The van der Waals surface area contributed by atoms with Crippen LogP contribution in [0.3, 0.4) is 0 Å². The van der Waals surface area contributed by atoms with E-state index in [0.29, 0.717) is 5.69 Å². The monoisotopic (exact) mass is 370 g/mol. The average molecular weight is 370 g/mol. The summed E-state index contributed by atoms with van der Waals surface area (Å²) in [6.45, 7) is 3.19. The van der Waals surface area contributed by atoms with E-state index in [9.17, 15) is 19.7 Å². The molecule has 3 rings (SSSR count). The molecule has 2 aromatic carbocycles. The fourth-order valence-electron chi connectivity index (χ4n) is 2.87. The average Bonchev–Trinajstić information content (AvgIpc) is 2.66. The Labute approximate surface area is 155 Å². The van der Waals surface area contributed by atoms with Crippen molar-refractivity contribution in [2.24, 2.45) is 0 Å². The fourth-order valence-corrected chi connectivity index (χ4v) is 2.87. The van der Waals surface area contributed by atoms with Crippen molar-refractivity contribution >= 4 is 23.3 Å². The summed E-state index contributed by atoms with van der Waals surface area (Å²) in [5.41, 5.74) is -0.930. The first-order valence-corrected chi connectivity index (χ1v) is 8.37. The molecule has 0 saturated heterocycles. The highest BCUT2D eigenvalue weighted by molar-refractivity contribution is 6.15. The molecule has 2 aromatic rings. The van der Waals surface area contributed by atoms with E-state index < -0.39 is 22.4 Å². The number of hydrogen-bond acceptors (Lipinski definition) is 6. The lowest BCUT2D eigenvalue weighted by atomic mass is 10.00. The Kier molecular flexibility index (Phi) is 4.81. The van der Waals surface area contributed by atoms with Gasteiger partial charge in [-0.2, -0.15) is 0 Å². The van der Waals surface area contributed by atoms with E-state index >= 15 is 0 Å². The standard InChI is InChI=1S/C19H18N2O6/c1-3-26-18(23)19(2)17(22)20(12-13-7-5-4-6-8-13)15-10-9-14(21(24)25)11-16(15)27-19/h4-11H,3,12H2,1-2H3. The number of amides is 1. The van der Waals surface area contributed by atoms with Gasteiger partial charge in [0.1, 0.15) is 0 Å². The van der Waals surface area contributed by atoms with Crippen molar-refractivity contribution in [2.45, 2.75) is 26.0 Å². The number of carbonyl (C=O) groups is 2. The number of esters is 1. The second-order valence-corrected chi connectivity index (χ2v) is 6.14. The normalized spacial score (nSPS) is 18.4. The first-order valence-electron chi connectivity index (χ1n) is 8.37. The molecule has 0 saturated carbocycles. The van der Waals surface area contributed by atoms with Crippen molar-refractivity contribution in [1.82, 2.24) is 0 Å². The van der Waals surface area contributed by atoms with Gasteiger partial charge >= 0.3 is 5.97 Å². The fraction of sp³-hybridized carbons (Fsp3) is 0.263. The number of rotatable bonds is 5. The predicted molar refractivity (Wildman–Crippen MR) is 96.4 cm³/mol. The topological polar surface area (TPSA) is 99.0 Å². The third-order valence-electron chi connectivity index (χ3n) is 4.26. The predicted octanol–water partition coefficient (Wildman–Crippen LogP) is 2.84. The van der Waals surface area contributed by atoms with Crippen molar-refractivity contribution in [2.75, 3.05) is 11.5 Å². The molecule has 27 heavy (non-hydrogen) atoms. The van der Waals surface area contributed by atoms with Crippen LogP contribution in [0.5, 0.6) is 5.75 Å². The van der Waals surface area contributed by atoms with Gasteiger partial charge in [-0.25, -0.2) is 4.79 Å². The van der Waals surface area contributed by atoms with E-state index in [0.717, 1.165) is 5.56 Å². The van der Waals surface area contributed by atoms with Crippen LogP contribution >= 0.6 is 0 Å². The molecule has 1 heterocycles. The van der Waals surface area contributed by atoms with E-state index in [4.69, 9.17) is 9.47 Å². The van der Waals surface area contributed by atoms with Crippen LogP contribution in [-0.4, -0.2) is 29.0 Å². The number of nitro benzene ring substituents is 1. The second-order valence-electron chi connectivity index (χ2n) is 6.14. The van der Waals surface area contributed by atoms with Gasteiger partial charge in [0.05, 0.1) is 29.8 Å². The maximum atomic E-state index is 13.1. The van der Waals surface area contributed by atoms with E-state index in [-0.39, 0.29) is 24.6 Å². The Bertz CT molecular complexity index is 898. The van der Waals surface area contributed by atoms with Gasteiger partial charge in [-0.05, 0) is 25.5 Å². The van der Waals surface area contributed by atoms with Crippen LogP contribution in [-0.2, 0) is 20.9 Å². The molecule has 0 radical (unpaired) electrons. The largest absolute Gasteiger partial charge is 0.463 e. The van der Waals surface area contributed by atoms with Gasteiger partial charge in [0, 0.05) is 6.07 Å². The molecule has 140 valence electrons. The number of fused-ring (bicyclic) bond motifs is 1. The van der Waals surface area contributed by atoms with Gasteiger partial charge in [-0.3, -0.25) is 14.9 Å². The van der Waals surface area contributed by atoms with Crippen molar-refractivity contribution in [1.29, 1.82) is 0 Å². The summed E-state index contributed by atoms with van der Waals surface area (Å²) in [5.74, 6) is -1.35. The summed E-state index contributed by atoms with van der Waals surface area (Å²) in [6, 6.07) is 13.1. The van der Waals surface area contributed by atoms with Gasteiger partial charge < -0.3 is 14.4 Å². The van der Waals surface area contributed by atoms with Gasteiger partial charge in [0.15, 0.2) is 5.75 Å². The summed E-state index contributed by atoms with van der Waals surface area (Å²) >= 11 is 0. The molecule has 0 bridgehead atoms. The van der Waals surface area contributed by atoms with Crippen LogP contribution in [0, 0.1) is 10.1 Å². The van der Waals surface area contributed by atoms with Crippen molar-refractivity contribution in [3.05, 3.63) is 64.2 Å². The quantitative estimate of drug-likeness (QED) is 0.347. The van der Waals surface area contributed by atoms with E-state index in [1.165, 1.54) is 30.0 Å². The summed E-state index contributed by atoms with van der Waals surface area (Å²) in [6.07, 6.45) is 0. The molecule has 1 atom stereocenters. The second kappa shape index (κ2) is 7.06. The Morgan fingerprint density at radius 3 is 2.59 bits per heavy atom. The maximum Gasteiger partial charge on any atom is 0.360 e. The highest BCUT2D eigenvalue weighted by Crippen LogP contribution is 2.41. The number of ether oxygens (including phenoxy) is 2. The summed E-state index contributed by atoms with van der Waals surface area (Å²) in [7, 11) is 0. The van der Waals surface area contributed by atoms with E-state index in [1.54, 1.807) is 6.92 Å². The zero-order valence-corrected chi connectivity index (χ0v) is 14.9. The van der Waals surface area contributed by atoms with Crippen LogP contribution in [0.4, 0.5) is 11.4 Å². The number of hydrogen-bond donors (Lipinski definition) is 0. The Balaban J connectivity index is 2.09. The number of carbonyl (C=O) groups excluding carboxylic acids is 2. The molecule has 8 nitrogen and oxygen atoms in total. The molecule has 1 aliphatic heterocycles. The van der Waals surface area contributed by atoms with Crippen LogP contribution in [0.2, 0.25) is 0 Å². The molecule has 1 amide bonds. The van der Waals surface area contributed by atoms with Crippen LogP contribution in [0.1, 0.15) is 19.4 Å². The Hall–Kier alpha value is -3.42. The van der Waals surface area contributed by atoms with Crippen molar-refractivity contribution in [3.63, 3.8) is 0 Å². The van der Waals surface area contributed by atoms with Crippen LogP contribution in [0.15, 0.2) is 48.5 Å².